The zero-order valence-corrected chi connectivity index (χ0v) is 20.6. The molecular weight excluding hydrogens is 432 g/mol. The SMILES string of the molecule is COc1ccc2cc(CN(Cc3ccco3)[C@@H](c3nnnn3C(C)(C)C)C(C)C)c(=O)[nH]c2c1. The number of ether oxygens (including phenoxy) is 1. The molecular formula is C25H32N6O3. The molecule has 0 aliphatic carbocycles. The summed E-state index contributed by atoms with van der Waals surface area (Å²) < 4.78 is 12.8. The lowest BCUT2D eigenvalue weighted by molar-refractivity contribution is 0.111. The van der Waals surface area contributed by atoms with E-state index < -0.39 is 0 Å². The number of hydrogen-bond acceptors (Lipinski definition) is 7. The minimum absolute atomic E-state index is 0.136. The van der Waals surface area contributed by atoms with Crippen LogP contribution in [-0.2, 0) is 18.6 Å². The van der Waals surface area contributed by atoms with E-state index in [0.717, 1.165) is 22.5 Å². The Labute approximate surface area is 198 Å². The summed E-state index contributed by atoms with van der Waals surface area (Å²) in [6, 6.07) is 11.3. The van der Waals surface area contributed by atoms with Crippen LogP contribution in [0.3, 0.4) is 0 Å². The second kappa shape index (κ2) is 9.42. The number of aromatic nitrogens is 5. The molecule has 3 heterocycles. The monoisotopic (exact) mass is 464 g/mol. The number of benzene rings is 1. The van der Waals surface area contributed by atoms with Crippen LogP contribution in [-0.4, -0.2) is 37.2 Å². The molecule has 0 aliphatic heterocycles. The molecule has 0 fully saturated rings. The third-order valence-electron chi connectivity index (χ3n) is 5.86. The summed E-state index contributed by atoms with van der Waals surface area (Å²) in [5, 5.41) is 13.6. The number of aromatic amines is 1. The molecule has 0 spiro atoms. The molecule has 0 radical (unpaired) electrons. The fraction of sp³-hybridized carbons (Fsp3) is 0.440. The number of nitrogens with one attached hydrogen (secondary N) is 1. The summed E-state index contributed by atoms with van der Waals surface area (Å²) in [5.41, 5.74) is 0.970. The Morgan fingerprint density at radius 3 is 2.62 bits per heavy atom. The van der Waals surface area contributed by atoms with Gasteiger partial charge >= 0.3 is 0 Å². The molecule has 0 saturated heterocycles. The number of fused-ring (bicyclic) bond motifs is 1. The number of furan rings is 1. The van der Waals surface area contributed by atoms with Crippen molar-refractivity contribution < 1.29 is 9.15 Å². The van der Waals surface area contributed by atoms with E-state index in [2.05, 4.69) is 60.0 Å². The van der Waals surface area contributed by atoms with Crippen LogP contribution in [0.2, 0.25) is 0 Å². The van der Waals surface area contributed by atoms with Gasteiger partial charge in [-0.05, 0) is 72.8 Å². The molecule has 0 amide bonds. The predicted molar refractivity (Wildman–Crippen MR) is 129 cm³/mol. The van der Waals surface area contributed by atoms with Gasteiger partial charge in [0, 0.05) is 18.2 Å². The molecule has 34 heavy (non-hydrogen) atoms. The number of methoxy groups -OCH3 is 1. The molecule has 0 bridgehead atoms. The van der Waals surface area contributed by atoms with Gasteiger partial charge in [-0.25, -0.2) is 4.68 Å². The third-order valence-corrected chi connectivity index (χ3v) is 5.86. The van der Waals surface area contributed by atoms with Crippen molar-refractivity contribution in [3.05, 3.63) is 70.2 Å². The van der Waals surface area contributed by atoms with Crippen molar-refractivity contribution in [1.82, 2.24) is 30.1 Å². The molecule has 1 aromatic carbocycles. The van der Waals surface area contributed by atoms with Gasteiger partial charge in [0.25, 0.3) is 5.56 Å². The first kappa shape index (κ1) is 23.7. The summed E-state index contributed by atoms with van der Waals surface area (Å²) >= 11 is 0. The number of tetrazole rings is 1. The largest absolute Gasteiger partial charge is 0.497 e. The van der Waals surface area contributed by atoms with Crippen molar-refractivity contribution in [3.63, 3.8) is 0 Å². The van der Waals surface area contributed by atoms with Crippen LogP contribution < -0.4 is 10.3 Å². The average Bonchev–Trinajstić information content (AvgIpc) is 3.46. The van der Waals surface area contributed by atoms with Gasteiger partial charge in [-0.15, -0.1) is 5.10 Å². The lowest BCUT2D eigenvalue weighted by Gasteiger charge is -2.34. The van der Waals surface area contributed by atoms with E-state index in [1.165, 1.54) is 0 Å². The van der Waals surface area contributed by atoms with E-state index in [1.807, 2.05) is 41.1 Å². The summed E-state index contributed by atoms with van der Waals surface area (Å²) in [5.74, 6) is 2.44. The molecule has 180 valence electrons. The average molecular weight is 465 g/mol. The highest BCUT2D eigenvalue weighted by Crippen LogP contribution is 2.32. The van der Waals surface area contributed by atoms with Crippen molar-refractivity contribution >= 4 is 10.9 Å². The number of pyridine rings is 1. The molecule has 1 N–H and O–H groups in total. The van der Waals surface area contributed by atoms with Gasteiger partial charge in [0.05, 0.1) is 37.0 Å². The maximum absolute atomic E-state index is 13.1. The minimum atomic E-state index is -0.290. The fourth-order valence-electron chi connectivity index (χ4n) is 4.28. The van der Waals surface area contributed by atoms with Crippen LogP contribution in [0.1, 0.15) is 57.8 Å². The minimum Gasteiger partial charge on any atom is -0.497 e. The van der Waals surface area contributed by atoms with E-state index in [1.54, 1.807) is 13.4 Å². The molecule has 9 heteroatoms. The summed E-state index contributed by atoms with van der Waals surface area (Å²) in [6.07, 6.45) is 1.66. The highest BCUT2D eigenvalue weighted by atomic mass is 16.5. The Balaban J connectivity index is 1.78. The van der Waals surface area contributed by atoms with Crippen LogP contribution >= 0.6 is 0 Å². The smallest absolute Gasteiger partial charge is 0.252 e. The number of rotatable bonds is 8. The molecule has 0 aliphatic rings. The van der Waals surface area contributed by atoms with Gasteiger partial charge in [0.15, 0.2) is 5.82 Å². The molecule has 4 rings (SSSR count). The predicted octanol–water partition coefficient (Wildman–Crippen LogP) is 4.27. The van der Waals surface area contributed by atoms with Gasteiger partial charge < -0.3 is 14.1 Å². The first-order valence-electron chi connectivity index (χ1n) is 11.4. The van der Waals surface area contributed by atoms with Crippen LogP contribution in [0.5, 0.6) is 5.75 Å². The Morgan fingerprint density at radius 2 is 1.97 bits per heavy atom. The van der Waals surface area contributed by atoms with Gasteiger partial charge in [-0.2, -0.15) is 0 Å². The standard InChI is InChI=1S/C25H32N6O3/c1-16(2)22(23-27-28-29-31(23)25(3,4)5)30(15-20-8-7-11-34-20)14-18-12-17-9-10-19(33-6)13-21(17)26-24(18)32/h7-13,16,22H,14-15H2,1-6H3,(H,26,32)/t22-/m1/s1. The summed E-state index contributed by atoms with van der Waals surface area (Å²) in [4.78, 5) is 18.3. The lowest BCUT2D eigenvalue weighted by Crippen LogP contribution is -2.37. The van der Waals surface area contributed by atoms with Gasteiger partial charge in [0.1, 0.15) is 11.5 Å². The number of H-pyrrole nitrogens is 1. The lowest BCUT2D eigenvalue weighted by atomic mass is 9.99. The first-order chi connectivity index (χ1) is 16.2. The van der Waals surface area contributed by atoms with Crippen molar-refractivity contribution in [2.24, 2.45) is 5.92 Å². The second-order valence-corrected chi connectivity index (χ2v) is 9.87. The number of nitrogens with zero attached hydrogens (tertiary/aromatic N) is 5. The Bertz CT molecular complexity index is 1300. The maximum Gasteiger partial charge on any atom is 0.252 e. The van der Waals surface area contributed by atoms with Crippen LogP contribution in [0.25, 0.3) is 10.9 Å². The van der Waals surface area contributed by atoms with Crippen LogP contribution in [0, 0.1) is 5.92 Å². The fourth-order valence-corrected chi connectivity index (χ4v) is 4.28. The van der Waals surface area contributed by atoms with Crippen molar-refractivity contribution in [2.75, 3.05) is 7.11 Å². The zero-order valence-electron chi connectivity index (χ0n) is 20.6. The van der Waals surface area contributed by atoms with Crippen LogP contribution in [0.4, 0.5) is 0 Å². The van der Waals surface area contributed by atoms with Crippen molar-refractivity contribution in [3.8, 4) is 5.75 Å². The van der Waals surface area contributed by atoms with Gasteiger partial charge in [-0.1, -0.05) is 13.8 Å². The Hall–Kier alpha value is -3.46. The molecule has 4 aromatic rings. The number of hydrogen-bond donors (Lipinski definition) is 1. The van der Waals surface area contributed by atoms with Gasteiger partial charge in [-0.3, -0.25) is 9.69 Å². The van der Waals surface area contributed by atoms with Crippen LogP contribution in [0.15, 0.2) is 51.9 Å². The van der Waals surface area contributed by atoms with E-state index >= 15 is 0 Å². The van der Waals surface area contributed by atoms with Gasteiger partial charge in [0.2, 0.25) is 0 Å². The zero-order chi connectivity index (χ0) is 24.5. The third kappa shape index (κ3) is 4.89. The molecule has 3 aromatic heterocycles. The van der Waals surface area contributed by atoms with Crippen molar-refractivity contribution in [1.29, 1.82) is 0 Å². The quantitative estimate of drug-likeness (QED) is 0.415. The topological polar surface area (TPSA) is 102 Å². The summed E-state index contributed by atoms with van der Waals surface area (Å²) in [6.45, 7) is 11.4. The van der Waals surface area contributed by atoms with E-state index in [0.29, 0.717) is 24.4 Å². The molecule has 9 nitrogen and oxygen atoms in total. The second-order valence-electron chi connectivity index (χ2n) is 9.87. The molecule has 0 saturated carbocycles. The Morgan fingerprint density at radius 1 is 1.18 bits per heavy atom. The maximum atomic E-state index is 13.1. The van der Waals surface area contributed by atoms with Crippen molar-refractivity contribution in [2.45, 2.75) is 59.3 Å². The van der Waals surface area contributed by atoms with E-state index in [9.17, 15) is 4.79 Å². The molecule has 0 unspecified atom stereocenters. The van der Waals surface area contributed by atoms with E-state index in [4.69, 9.17) is 9.15 Å². The molecule has 1 atom stereocenters. The Kier molecular flexibility index (Phi) is 6.56. The first-order valence-corrected chi connectivity index (χ1v) is 11.4. The normalized spacial score (nSPS) is 13.2. The van der Waals surface area contributed by atoms with E-state index in [-0.39, 0.29) is 23.1 Å². The highest BCUT2D eigenvalue weighted by Gasteiger charge is 2.33. The summed E-state index contributed by atoms with van der Waals surface area (Å²) in [7, 11) is 1.61. The highest BCUT2D eigenvalue weighted by molar-refractivity contribution is 5.80.